The van der Waals surface area contributed by atoms with Crippen molar-refractivity contribution in [1.29, 1.82) is 0 Å². The van der Waals surface area contributed by atoms with Crippen molar-refractivity contribution in [3.63, 3.8) is 0 Å². The van der Waals surface area contributed by atoms with Crippen LogP contribution in [0.4, 0.5) is 0 Å². The molecule has 2 atom stereocenters. The minimum absolute atomic E-state index is 0.0136. The second-order valence-corrected chi connectivity index (χ2v) is 7.43. The predicted molar refractivity (Wildman–Crippen MR) is 58.6 cm³/mol. The fraction of sp³-hybridized carbons (Fsp3) is 1.00. The molecule has 0 spiro atoms. The van der Waals surface area contributed by atoms with Crippen molar-refractivity contribution >= 4 is 7.82 Å². The van der Waals surface area contributed by atoms with Gasteiger partial charge in [-0.25, -0.2) is 4.57 Å². The van der Waals surface area contributed by atoms with Crippen LogP contribution in [-0.2, 0) is 13.6 Å². The molecular weight excluding hydrogens is 215 g/mol. The Bertz CT molecular complexity index is 305. The third-order valence-electron chi connectivity index (χ3n) is 2.80. The summed E-state index contributed by atoms with van der Waals surface area (Å²) in [6, 6.07) is 0. The lowest BCUT2D eigenvalue weighted by Crippen LogP contribution is -2.47. The highest BCUT2D eigenvalue weighted by molar-refractivity contribution is 7.47. The van der Waals surface area contributed by atoms with Gasteiger partial charge in [0, 0.05) is 0 Å². The SMILES string of the molecule is CC(C)(C)CC1(C)OP(=O)(O)OC1(C)C. The number of rotatable bonds is 1. The van der Waals surface area contributed by atoms with Gasteiger partial charge in [-0.1, -0.05) is 20.8 Å². The molecule has 1 heterocycles. The third kappa shape index (κ3) is 2.82. The van der Waals surface area contributed by atoms with E-state index in [1.165, 1.54) is 0 Å². The Morgan fingerprint density at radius 1 is 1.20 bits per heavy atom. The number of hydrogen-bond donors (Lipinski definition) is 1. The summed E-state index contributed by atoms with van der Waals surface area (Å²) in [5, 5.41) is 0. The van der Waals surface area contributed by atoms with Gasteiger partial charge in [-0.15, -0.1) is 0 Å². The number of hydrogen-bond acceptors (Lipinski definition) is 3. The molecule has 5 heteroatoms. The van der Waals surface area contributed by atoms with E-state index in [9.17, 15) is 9.46 Å². The first-order valence-electron chi connectivity index (χ1n) is 5.11. The molecule has 90 valence electrons. The molecule has 1 saturated heterocycles. The van der Waals surface area contributed by atoms with Gasteiger partial charge in [-0.05, 0) is 32.6 Å². The molecule has 1 aliphatic heterocycles. The normalized spacial score (nSPS) is 40.7. The first kappa shape index (κ1) is 13.2. The van der Waals surface area contributed by atoms with E-state index in [0.29, 0.717) is 6.42 Å². The van der Waals surface area contributed by atoms with Crippen molar-refractivity contribution in [2.75, 3.05) is 0 Å². The van der Waals surface area contributed by atoms with Crippen LogP contribution < -0.4 is 0 Å². The molecule has 0 aromatic rings. The summed E-state index contributed by atoms with van der Waals surface area (Å²) in [6.07, 6.45) is 0.664. The highest BCUT2D eigenvalue weighted by Gasteiger charge is 2.58. The second kappa shape index (κ2) is 3.30. The minimum atomic E-state index is -3.87. The van der Waals surface area contributed by atoms with Crippen molar-refractivity contribution in [3.8, 4) is 0 Å². The molecular formula is C10H21O4P. The van der Waals surface area contributed by atoms with E-state index < -0.39 is 19.0 Å². The highest BCUT2D eigenvalue weighted by Crippen LogP contribution is 2.63. The van der Waals surface area contributed by atoms with E-state index in [1.54, 1.807) is 13.8 Å². The van der Waals surface area contributed by atoms with Crippen LogP contribution in [0.5, 0.6) is 0 Å². The molecule has 0 bridgehead atoms. The van der Waals surface area contributed by atoms with Crippen LogP contribution in [0, 0.1) is 5.41 Å². The standard InChI is InChI=1S/C10H21O4P/c1-8(2,3)7-10(6)9(4,5)13-15(11,12)14-10/h7H2,1-6H3,(H,11,12). The lowest BCUT2D eigenvalue weighted by Gasteiger charge is -2.38. The van der Waals surface area contributed by atoms with Gasteiger partial charge in [0.2, 0.25) is 0 Å². The quantitative estimate of drug-likeness (QED) is 0.711. The van der Waals surface area contributed by atoms with Crippen LogP contribution in [0.15, 0.2) is 0 Å². The van der Waals surface area contributed by atoms with E-state index in [2.05, 4.69) is 20.8 Å². The zero-order valence-electron chi connectivity index (χ0n) is 10.3. The Labute approximate surface area is 91.6 Å². The predicted octanol–water partition coefficient (Wildman–Crippen LogP) is 3.11. The Morgan fingerprint density at radius 3 is 1.93 bits per heavy atom. The lowest BCUT2D eigenvalue weighted by atomic mass is 9.75. The van der Waals surface area contributed by atoms with E-state index in [4.69, 9.17) is 9.05 Å². The topological polar surface area (TPSA) is 55.8 Å². The average molecular weight is 236 g/mol. The molecule has 0 aromatic heterocycles. The molecule has 0 radical (unpaired) electrons. The van der Waals surface area contributed by atoms with Gasteiger partial charge in [-0.2, -0.15) is 0 Å². The molecule has 2 unspecified atom stereocenters. The second-order valence-electron chi connectivity index (χ2n) is 6.13. The first-order valence-corrected chi connectivity index (χ1v) is 6.61. The Balaban J connectivity index is 2.98. The first-order chi connectivity index (χ1) is 6.37. The van der Waals surface area contributed by atoms with E-state index in [-0.39, 0.29) is 5.41 Å². The summed E-state index contributed by atoms with van der Waals surface area (Å²) in [7, 11) is -3.87. The monoisotopic (exact) mass is 236 g/mol. The van der Waals surface area contributed by atoms with E-state index in [1.807, 2.05) is 6.92 Å². The zero-order valence-corrected chi connectivity index (χ0v) is 11.2. The fourth-order valence-electron chi connectivity index (χ4n) is 2.03. The van der Waals surface area contributed by atoms with Gasteiger partial charge in [0.1, 0.15) is 11.2 Å². The van der Waals surface area contributed by atoms with Crippen molar-refractivity contribution < 1.29 is 18.5 Å². The van der Waals surface area contributed by atoms with Crippen LogP contribution in [-0.4, -0.2) is 16.1 Å². The largest absolute Gasteiger partial charge is 0.473 e. The minimum Gasteiger partial charge on any atom is -0.302 e. The Kier molecular flexibility index (Phi) is 2.90. The maximum Gasteiger partial charge on any atom is 0.473 e. The van der Waals surface area contributed by atoms with Crippen LogP contribution >= 0.6 is 7.82 Å². The molecule has 15 heavy (non-hydrogen) atoms. The Hall–Kier alpha value is 0.110. The summed E-state index contributed by atoms with van der Waals surface area (Å²) in [4.78, 5) is 9.37. The molecule has 1 N–H and O–H groups in total. The Morgan fingerprint density at radius 2 is 1.67 bits per heavy atom. The molecule has 1 rings (SSSR count). The van der Waals surface area contributed by atoms with Gasteiger partial charge >= 0.3 is 7.82 Å². The summed E-state index contributed by atoms with van der Waals surface area (Å²) in [5.41, 5.74) is -1.46. The van der Waals surface area contributed by atoms with Gasteiger partial charge in [-0.3, -0.25) is 9.05 Å². The van der Waals surface area contributed by atoms with Crippen LogP contribution in [0.1, 0.15) is 48.0 Å². The smallest absolute Gasteiger partial charge is 0.302 e. The zero-order chi connectivity index (χ0) is 12.1. The van der Waals surface area contributed by atoms with Gasteiger partial charge in [0.25, 0.3) is 0 Å². The molecule has 4 nitrogen and oxygen atoms in total. The summed E-state index contributed by atoms with van der Waals surface area (Å²) in [6.45, 7) is 11.6. The molecule has 1 aliphatic rings. The lowest BCUT2D eigenvalue weighted by molar-refractivity contribution is -0.0367. The van der Waals surface area contributed by atoms with Crippen LogP contribution in [0.25, 0.3) is 0 Å². The molecule has 0 aliphatic carbocycles. The molecule has 0 amide bonds. The van der Waals surface area contributed by atoms with E-state index in [0.717, 1.165) is 0 Å². The summed E-state index contributed by atoms with van der Waals surface area (Å²) < 4.78 is 21.7. The van der Waals surface area contributed by atoms with Gasteiger partial charge < -0.3 is 4.89 Å². The van der Waals surface area contributed by atoms with Gasteiger partial charge in [0.05, 0.1) is 0 Å². The molecule has 0 aromatic carbocycles. The third-order valence-corrected chi connectivity index (χ3v) is 4.12. The van der Waals surface area contributed by atoms with Gasteiger partial charge in [0.15, 0.2) is 0 Å². The average Bonchev–Trinajstić information content (AvgIpc) is 1.88. The van der Waals surface area contributed by atoms with Crippen LogP contribution in [0.3, 0.4) is 0 Å². The maximum absolute atomic E-state index is 11.4. The molecule has 1 fully saturated rings. The number of phosphoric ester groups is 1. The fourth-order valence-corrected chi connectivity index (χ4v) is 3.63. The van der Waals surface area contributed by atoms with Crippen molar-refractivity contribution in [3.05, 3.63) is 0 Å². The summed E-state index contributed by atoms with van der Waals surface area (Å²) in [5.74, 6) is 0. The van der Waals surface area contributed by atoms with Crippen molar-refractivity contribution in [2.45, 2.75) is 59.2 Å². The highest BCUT2D eigenvalue weighted by atomic mass is 31.2. The van der Waals surface area contributed by atoms with Crippen molar-refractivity contribution in [2.24, 2.45) is 5.41 Å². The molecule has 0 saturated carbocycles. The van der Waals surface area contributed by atoms with Crippen molar-refractivity contribution in [1.82, 2.24) is 0 Å². The summed E-state index contributed by atoms with van der Waals surface area (Å²) >= 11 is 0. The van der Waals surface area contributed by atoms with E-state index >= 15 is 0 Å². The van der Waals surface area contributed by atoms with Crippen LogP contribution in [0.2, 0.25) is 0 Å². The number of phosphoric acid groups is 1. The maximum atomic E-state index is 11.4.